The Bertz CT molecular complexity index is 334. The summed E-state index contributed by atoms with van der Waals surface area (Å²) in [5.41, 5.74) is 0. The number of aliphatic hydroxyl groups excluding tert-OH is 1. The van der Waals surface area contributed by atoms with Gasteiger partial charge in [0.2, 0.25) is 0 Å². The fourth-order valence-corrected chi connectivity index (χ4v) is 1.04. The smallest absolute Gasteiger partial charge is 0.330 e. The van der Waals surface area contributed by atoms with Crippen molar-refractivity contribution in [3.8, 4) is 5.75 Å². The lowest BCUT2D eigenvalue weighted by Gasteiger charge is -2.15. The molecule has 4 heteroatoms. The molecule has 86 valence electrons. The van der Waals surface area contributed by atoms with E-state index in [1.165, 1.54) is 0 Å². The summed E-state index contributed by atoms with van der Waals surface area (Å²) in [7, 11) is 0. The van der Waals surface area contributed by atoms with Crippen LogP contribution in [-0.4, -0.2) is 30.4 Å². The Morgan fingerprint density at radius 3 is 2.69 bits per heavy atom. The highest BCUT2D eigenvalue weighted by Crippen LogP contribution is 2.09. The highest BCUT2D eigenvalue weighted by molar-refractivity contribution is 5.81. The van der Waals surface area contributed by atoms with Gasteiger partial charge in [-0.15, -0.1) is 0 Å². The normalized spacial score (nSPS) is 11.6. The monoisotopic (exact) mass is 222 g/mol. The molecule has 0 aromatic heterocycles. The molecular weight excluding hydrogens is 208 g/mol. The first kappa shape index (κ1) is 12.3. The van der Waals surface area contributed by atoms with Gasteiger partial charge in [-0.05, 0) is 12.1 Å². The van der Waals surface area contributed by atoms with Crippen LogP contribution in [0, 0.1) is 0 Å². The van der Waals surface area contributed by atoms with Gasteiger partial charge in [-0.3, -0.25) is 0 Å². The van der Waals surface area contributed by atoms with E-state index in [1.807, 2.05) is 18.2 Å². The minimum Gasteiger partial charge on any atom is -0.490 e. The van der Waals surface area contributed by atoms with Crippen LogP contribution in [0.5, 0.6) is 5.75 Å². The van der Waals surface area contributed by atoms with Gasteiger partial charge >= 0.3 is 5.97 Å². The number of carbonyl (C=O) groups is 1. The Balaban J connectivity index is 2.40. The van der Waals surface area contributed by atoms with Crippen molar-refractivity contribution in [3.63, 3.8) is 0 Å². The molecule has 0 amide bonds. The lowest BCUT2D eigenvalue weighted by atomic mass is 10.3. The van der Waals surface area contributed by atoms with E-state index >= 15 is 0 Å². The molecule has 0 saturated carbocycles. The van der Waals surface area contributed by atoms with Gasteiger partial charge in [-0.2, -0.15) is 0 Å². The number of benzene rings is 1. The third-order valence-corrected chi connectivity index (χ3v) is 1.83. The van der Waals surface area contributed by atoms with E-state index in [1.54, 1.807) is 12.1 Å². The predicted molar refractivity (Wildman–Crippen MR) is 59.1 cm³/mol. The molecule has 16 heavy (non-hydrogen) atoms. The van der Waals surface area contributed by atoms with Crippen LogP contribution in [0.4, 0.5) is 0 Å². The molecular formula is C12H14O4. The molecule has 1 aromatic rings. The largest absolute Gasteiger partial charge is 0.490 e. The lowest BCUT2D eigenvalue weighted by molar-refractivity contribution is -0.146. The van der Waals surface area contributed by atoms with Crippen molar-refractivity contribution in [3.05, 3.63) is 43.0 Å². The summed E-state index contributed by atoms with van der Waals surface area (Å²) in [6.45, 7) is 3.10. The zero-order chi connectivity index (χ0) is 11.8. The van der Waals surface area contributed by atoms with Crippen molar-refractivity contribution in [1.82, 2.24) is 0 Å². The highest BCUT2D eigenvalue weighted by atomic mass is 16.6. The third-order valence-electron chi connectivity index (χ3n) is 1.83. The fourth-order valence-electron chi connectivity index (χ4n) is 1.04. The molecule has 1 N–H and O–H groups in total. The van der Waals surface area contributed by atoms with E-state index in [9.17, 15) is 4.79 Å². The number of para-hydroxylation sites is 1. The van der Waals surface area contributed by atoms with Crippen LogP contribution in [0.2, 0.25) is 0 Å². The number of ether oxygens (including phenoxy) is 2. The summed E-state index contributed by atoms with van der Waals surface area (Å²) < 4.78 is 10.2. The van der Waals surface area contributed by atoms with Gasteiger partial charge in [-0.1, -0.05) is 24.8 Å². The SMILES string of the molecule is C=CC(=O)O[C@@H](CO)COc1ccccc1. The second-order valence-electron chi connectivity index (χ2n) is 3.07. The first-order valence-electron chi connectivity index (χ1n) is 4.88. The van der Waals surface area contributed by atoms with Crippen molar-refractivity contribution in [2.24, 2.45) is 0 Å². The molecule has 0 aliphatic rings. The van der Waals surface area contributed by atoms with E-state index in [0.717, 1.165) is 6.08 Å². The Labute approximate surface area is 94.1 Å². The van der Waals surface area contributed by atoms with Crippen molar-refractivity contribution < 1.29 is 19.4 Å². The van der Waals surface area contributed by atoms with Crippen LogP contribution < -0.4 is 4.74 Å². The van der Waals surface area contributed by atoms with Crippen LogP contribution in [-0.2, 0) is 9.53 Å². The average Bonchev–Trinajstić information content (AvgIpc) is 2.35. The molecule has 0 radical (unpaired) electrons. The second kappa shape index (κ2) is 6.63. The molecule has 0 aliphatic heterocycles. The zero-order valence-electron chi connectivity index (χ0n) is 8.83. The number of hydrogen-bond donors (Lipinski definition) is 1. The molecule has 0 spiro atoms. The quantitative estimate of drug-likeness (QED) is 0.579. The van der Waals surface area contributed by atoms with Crippen LogP contribution in [0.25, 0.3) is 0 Å². The highest BCUT2D eigenvalue weighted by Gasteiger charge is 2.12. The third kappa shape index (κ3) is 4.14. The molecule has 4 nitrogen and oxygen atoms in total. The van der Waals surface area contributed by atoms with Crippen LogP contribution in [0.15, 0.2) is 43.0 Å². The summed E-state index contributed by atoms with van der Waals surface area (Å²) in [5.74, 6) is 0.0892. The number of aliphatic hydroxyl groups is 1. The van der Waals surface area contributed by atoms with E-state index < -0.39 is 12.1 Å². The van der Waals surface area contributed by atoms with Gasteiger partial charge in [0.15, 0.2) is 6.10 Å². The molecule has 0 heterocycles. The first-order valence-corrected chi connectivity index (χ1v) is 4.88. The molecule has 0 unspecified atom stereocenters. The number of carbonyl (C=O) groups excluding carboxylic acids is 1. The van der Waals surface area contributed by atoms with Gasteiger partial charge in [-0.25, -0.2) is 4.79 Å². The van der Waals surface area contributed by atoms with Gasteiger partial charge in [0.1, 0.15) is 12.4 Å². The topological polar surface area (TPSA) is 55.8 Å². The minimum absolute atomic E-state index is 0.111. The first-order chi connectivity index (χ1) is 7.76. The molecule has 1 aromatic carbocycles. The van der Waals surface area contributed by atoms with E-state index in [0.29, 0.717) is 5.75 Å². The van der Waals surface area contributed by atoms with Crippen LogP contribution in [0.3, 0.4) is 0 Å². The van der Waals surface area contributed by atoms with E-state index in [4.69, 9.17) is 14.6 Å². The second-order valence-corrected chi connectivity index (χ2v) is 3.07. The molecule has 1 rings (SSSR count). The molecule has 0 fully saturated rings. The predicted octanol–water partition coefficient (Wildman–Crippen LogP) is 1.16. The van der Waals surface area contributed by atoms with Crippen LogP contribution in [0.1, 0.15) is 0 Å². The van der Waals surface area contributed by atoms with Crippen molar-refractivity contribution in [2.45, 2.75) is 6.10 Å². The maximum atomic E-state index is 10.9. The zero-order valence-corrected chi connectivity index (χ0v) is 8.83. The maximum absolute atomic E-state index is 10.9. The summed E-state index contributed by atoms with van der Waals surface area (Å²) in [4.78, 5) is 10.9. The van der Waals surface area contributed by atoms with Crippen molar-refractivity contribution >= 4 is 5.97 Å². The number of hydrogen-bond acceptors (Lipinski definition) is 4. The summed E-state index contributed by atoms with van der Waals surface area (Å²) in [6.07, 6.45) is 0.372. The van der Waals surface area contributed by atoms with Crippen LogP contribution >= 0.6 is 0 Å². The van der Waals surface area contributed by atoms with Gasteiger partial charge in [0.05, 0.1) is 6.61 Å². The van der Waals surface area contributed by atoms with Gasteiger partial charge < -0.3 is 14.6 Å². The standard InChI is InChI=1S/C12H14O4/c1-2-12(14)16-11(8-13)9-15-10-6-4-3-5-7-10/h2-7,11,13H,1,8-9H2/t11-/m0/s1. The summed E-state index contributed by atoms with van der Waals surface area (Å²) in [6, 6.07) is 9.10. The lowest BCUT2D eigenvalue weighted by Crippen LogP contribution is -2.27. The number of esters is 1. The summed E-state index contributed by atoms with van der Waals surface area (Å²) in [5, 5.41) is 8.96. The van der Waals surface area contributed by atoms with Gasteiger partial charge in [0.25, 0.3) is 0 Å². The maximum Gasteiger partial charge on any atom is 0.330 e. The van der Waals surface area contributed by atoms with Crippen molar-refractivity contribution in [1.29, 1.82) is 0 Å². The fraction of sp³-hybridized carbons (Fsp3) is 0.250. The summed E-state index contributed by atoms with van der Waals surface area (Å²) >= 11 is 0. The molecule has 0 saturated heterocycles. The van der Waals surface area contributed by atoms with E-state index in [-0.39, 0.29) is 13.2 Å². The van der Waals surface area contributed by atoms with Crippen molar-refractivity contribution in [2.75, 3.05) is 13.2 Å². The Kier molecular flexibility index (Phi) is 5.08. The minimum atomic E-state index is -0.675. The Morgan fingerprint density at radius 2 is 2.12 bits per heavy atom. The number of rotatable bonds is 6. The van der Waals surface area contributed by atoms with Gasteiger partial charge in [0, 0.05) is 6.08 Å². The Hall–Kier alpha value is -1.81. The average molecular weight is 222 g/mol. The molecule has 0 bridgehead atoms. The molecule has 1 atom stereocenters. The Morgan fingerprint density at radius 1 is 1.44 bits per heavy atom. The molecule has 0 aliphatic carbocycles. The van der Waals surface area contributed by atoms with E-state index in [2.05, 4.69) is 6.58 Å².